The second-order valence-electron chi connectivity index (χ2n) is 4.52. The number of sulfonamides is 1. The van der Waals surface area contributed by atoms with Gasteiger partial charge in [0.2, 0.25) is 0 Å². The van der Waals surface area contributed by atoms with Crippen LogP contribution in [0.1, 0.15) is 5.56 Å². The monoisotopic (exact) mass is 300 g/mol. The van der Waals surface area contributed by atoms with Crippen LogP contribution in [-0.4, -0.2) is 52.2 Å². The van der Waals surface area contributed by atoms with Crippen LogP contribution >= 0.6 is 0 Å². The van der Waals surface area contributed by atoms with Gasteiger partial charge < -0.3 is 4.90 Å². The third-order valence-electron chi connectivity index (χ3n) is 3.26. The van der Waals surface area contributed by atoms with Crippen molar-refractivity contribution in [2.24, 2.45) is 4.40 Å². The second kappa shape index (κ2) is 4.04. The van der Waals surface area contributed by atoms with Gasteiger partial charge in [-0.1, -0.05) is 12.1 Å². The van der Waals surface area contributed by atoms with Gasteiger partial charge in [-0.15, -0.1) is 4.40 Å². The lowest BCUT2D eigenvalue weighted by atomic mass is 10.2. The Balaban J connectivity index is 2.00. The number of rotatable bonds is 0. The van der Waals surface area contributed by atoms with Crippen molar-refractivity contribution < 1.29 is 16.8 Å². The van der Waals surface area contributed by atoms with E-state index in [1.54, 1.807) is 23.1 Å². The van der Waals surface area contributed by atoms with Crippen molar-refractivity contribution in [3.8, 4) is 0 Å². The molecule has 1 saturated heterocycles. The molecule has 0 aromatic heterocycles. The Bertz CT molecular complexity index is 752. The van der Waals surface area contributed by atoms with Gasteiger partial charge in [-0.05, 0) is 12.1 Å². The van der Waals surface area contributed by atoms with Gasteiger partial charge in [0.05, 0.1) is 11.5 Å². The van der Waals surface area contributed by atoms with E-state index in [0.29, 0.717) is 11.4 Å². The Labute approximate surface area is 111 Å². The minimum Gasteiger partial charge on any atom is -0.353 e. The van der Waals surface area contributed by atoms with Crippen LogP contribution < -0.4 is 0 Å². The summed E-state index contributed by atoms with van der Waals surface area (Å²) in [5.74, 6) is 0.438. The van der Waals surface area contributed by atoms with Gasteiger partial charge in [-0.3, -0.25) is 0 Å². The maximum atomic E-state index is 11.9. The zero-order valence-corrected chi connectivity index (χ0v) is 11.6. The van der Waals surface area contributed by atoms with Crippen LogP contribution in [0.4, 0.5) is 0 Å². The summed E-state index contributed by atoms with van der Waals surface area (Å²) in [6, 6.07) is 6.61. The average Bonchev–Trinajstić information content (AvgIpc) is 2.63. The van der Waals surface area contributed by atoms with E-state index >= 15 is 0 Å². The van der Waals surface area contributed by atoms with E-state index in [1.807, 2.05) is 0 Å². The molecule has 0 saturated carbocycles. The van der Waals surface area contributed by atoms with E-state index in [9.17, 15) is 16.8 Å². The smallest absolute Gasteiger partial charge is 0.285 e. The summed E-state index contributed by atoms with van der Waals surface area (Å²) in [7, 11) is -6.63. The molecule has 0 N–H and O–H groups in total. The highest BCUT2D eigenvalue weighted by Crippen LogP contribution is 2.27. The molecule has 8 heteroatoms. The minimum atomic E-state index is -3.64. The molecule has 0 amide bonds. The molecule has 1 fully saturated rings. The van der Waals surface area contributed by atoms with Crippen molar-refractivity contribution in [2.45, 2.75) is 4.90 Å². The Morgan fingerprint density at radius 1 is 1.00 bits per heavy atom. The molecule has 3 rings (SSSR count). The highest BCUT2D eigenvalue weighted by atomic mass is 32.2. The molecule has 1 aromatic rings. The van der Waals surface area contributed by atoms with E-state index in [2.05, 4.69) is 4.40 Å². The van der Waals surface area contributed by atoms with E-state index in [1.165, 1.54) is 6.07 Å². The van der Waals surface area contributed by atoms with Gasteiger partial charge in [0.1, 0.15) is 4.90 Å². The lowest BCUT2D eigenvalue weighted by molar-refractivity contribution is 0.444. The third-order valence-corrected chi connectivity index (χ3v) is 6.19. The largest absolute Gasteiger partial charge is 0.353 e. The highest BCUT2D eigenvalue weighted by Gasteiger charge is 2.33. The molecule has 2 aliphatic heterocycles. The van der Waals surface area contributed by atoms with Gasteiger partial charge in [0, 0.05) is 18.7 Å². The van der Waals surface area contributed by atoms with Gasteiger partial charge in [0.25, 0.3) is 10.0 Å². The molecule has 19 heavy (non-hydrogen) atoms. The van der Waals surface area contributed by atoms with Crippen molar-refractivity contribution in [1.29, 1.82) is 0 Å². The topological polar surface area (TPSA) is 83.9 Å². The van der Waals surface area contributed by atoms with Gasteiger partial charge >= 0.3 is 0 Å². The van der Waals surface area contributed by atoms with Gasteiger partial charge in [-0.2, -0.15) is 8.42 Å². The quantitative estimate of drug-likeness (QED) is 0.666. The number of benzene rings is 1. The number of hydrogen-bond donors (Lipinski definition) is 0. The molecular weight excluding hydrogens is 288 g/mol. The first-order valence-electron chi connectivity index (χ1n) is 5.79. The predicted molar refractivity (Wildman–Crippen MR) is 70.4 cm³/mol. The lowest BCUT2D eigenvalue weighted by Gasteiger charge is -2.28. The zero-order chi connectivity index (χ0) is 13.7. The van der Waals surface area contributed by atoms with Crippen molar-refractivity contribution in [3.05, 3.63) is 29.8 Å². The number of fused-ring (bicyclic) bond motifs is 1. The number of hydrogen-bond acceptors (Lipinski definition) is 5. The molecule has 0 radical (unpaired) electrons. The highest BCUT2D eigenvalue weighted by molar-refractivity contribution is 7.91. The molecule has 0 bridgehead atoms. The molecule has 102 valence electrons. The lowest BCUT2D eigenvalue weighted by Crippen LogP contribution is -2.43. The molecule has 0 spiro atoms. The average molecular weight is 300 g/mol. The fourth-order valence-electron chi connectivity index (χ4n) is 2.24. The van der Waals surface area contributed by atoms with E-state index in [4.69, 9.17) is 0 Å². The maximum absolute atomic E-state index is 11.9. The molecular formula is C11H12N2O4S2. The summed E-state index contributed by atoms with van der Waals surface area (Å²) in [5, 5.41) is 0. The zero-order valence-electron chi connectivity index (χ0n) is 9.98. The predicted octanol–water partition coefficient (Wildman–Crippen LogP) is -0.134. The summed E-state index contributed by atoms with van der Waals surface area (Å²) < 4.78 is 50.4. The van der Waals surface area contributed by atoms with Crippen LogP contribution in [0, 0.1) is 0 Å². The Morgan fingerprint density at radius 3 is 2.32 bits per heavy atom. The van der Waals surface area contributed by atoms with Gasteiger partial charge in [0.15, 0.2) is 15.7 Å². The molecule has 1 aromatic carbocycles. The first-order chi connectivity index (χ1) is 8.89. The molecule has 0 aliphatic carbocycles. The Kier molecular flexibility index (Phi) is 2.68. The first-order valence-corrected chi connectivity index (χ1v) is 9.05. The van der Waals surface area contributed by atoms with E-state index in [-0.39, 0.29) is 29.5 Å². The molecule has 0 atom stereocenters. The number of amidine groups is 1. The fourth-order valence-corrected chi connectivity index (χ4v) is 4.67. The Hall–Kier alpha value is -1.41. The molecule has 2 aliphatic rings. The van der Waals surface area contributed by atoms with Crippen molar-refractivity contribution >= 4 is 25.7 Å². The van der Waals surface area contributed by atoms with E-state index < -0.39 is 19.9 Å². The molecule has 0 unspecified atom stereocenters. The summed E-state index contributed by atoms with van der Waals surface area (Å²) in [4.78, 5) is 1.92. The van der Waals surface area contributed by atoms with Crippen LogP contribution in [0.2, 0.25) is 0 Å². The minimum absolute atomic E-state index is 0.0359. The number of nitrogens with zero attached hydrogens (tertiary/aromatic N) is 2. The van der Waals surface area contributed by atoms with Crippen molar-refractivity contribution in [3.63, 3.8) is 0 Å². The summed E-state index contributed by atoms with van der Waals surface area (Å²) >= 11 is 0. The van der Waals surface area contributed by atoms with E-state index in [0.717, 1.165) is 0 Å². The van der Waals surface area contributed by atoms with Crippen LogP contribution in [0.3, 0.4) is 0 Å². The fraction of sp³-hybridized carbons (Fsp3) is 0.364. The first kappa shape index (κ1) is 12.6. The molecule has 2 heterocycles. The van der Waals surface area contributed by atoms with Crippen molar-refractivity contribution in [2.75, 3.05) is 24.6 Å². The second-order valence-corrected chi connectivity index (χ2v) is 8.40. The SMILES string of the molecule is O=S1(=O)CCN(C2=NS(=O)(=O)c3ccccc32)CC1. The van der Waals surface area contributed by atoms with Crippen LogP contribution in [0.15, 0.2) is 33.6 Å². The van der Waals surface area contributed by atoms with Crippen LogP contribution in [-0.2, 0) is 19.9 Å². The Morgan fingerprint density at radius 2 is 1.63 bits per heavy atom. The normalized spacial score (nSPS) is 23.8. The third kappa shape index (κ3) is 2.14. The van der Waals surface area contributed by atoms with Crippen LogP contribution in [0.25, 0.3) is 0 Å². The van der Waals surface area contributed by atoms with Crippen molar-refractivity contribution in [1.82, 2.24) is 4.90 Å². The maximum Gasteiger partial charge on any atom is 0.285 e. The van der Waals surface area contributed by atoms with Crippen LogP contribution in [0.5, 0.6) is 0 Å². The standard InChI is InChI=1S/C11H12N2O4S2/c14-18(15)7-5-13(6-8-18)11-9-3-1-2-4-10(9)19(16,17)12-11/h1-4H,5-8H2. The summed E-state index contributed by atoms with van der Waals surface area (Å²) in [6.45, 7) is 0.566. The van der Waals surface area contributed by atoms with Gasteiger partial charge in [-0.25, -0.2) is 8.42 Å². The number of sulfone groups is 1. The molecule has 6 nitrogen and oxygen atoms in total. The summed E-state index contributed by atoms with van der Waals surface area (Å²) in [5.41, 5.74) is 0.557. The summed E-state index contributed by atoms with van der Waals surface area (Å²) in [6.07, 6.45) is 0.